The van der Waals surface area contributed by atoms with Gasteiger partial charge in [-0.2, -0.15) is 13.2 Å². The molecule has 0 aliphatic carbocycles. The summed E-state index contributed by atoms with van der Waals surface area (Å²) in [6, 6.07) is 5.12. The number of rotatable bonds is 6. The lowest BCUT2D eigenvalue weighted by atomic mass is 10.2. The van der Waals surface area contributed by atoms with E-state index in [1.165, 1.54) is 12.1 Å². The third kappa shape index (κ3) is 4.56. The summed E-state index contributed by atoms with van der Waals surface area (Å²) < 4.78 is 37.0. The molecule has 2 nitrogen and oxygen atoms in total. The van der Waals surface area contributed by atoms with E-state index in [0.29, 0.717) is 0 Å². The summed E-state index contributed by atoms with van der Waals surface area (Å²) in [5.74, 6) is 0. The molecule has 0 heterocycles. The molecule has 0 saturated heterocycles. The summed E-state index contributed by atoms with van der Waals surface area (Å²) in [5, 5.41) is 3.11. The number of alkyl halides is 3. The minimum absolute atomic E-state index is 0.614. The average molecular weight is 260 g/mol. The molecule has 0 fully saturated rings. The van der Waals surface area contributed by atoms with E-state index in [1.807, 2.05) is 0 Å². The van der Waals surface area contributed by atoms with Gasteiger partial charge in [0.25, 0.3) is 0 Å². The molecule has 0 aromatic heterocycles. The Morgan fingerprint density at radius 2 is 1.61 bits per heavy atom. The van der Waals surface area contributed by atoms with Crippen LogP contribution in [0.3, 0.4) is 0 Å². The maximum atomic E-state index is 12.3. The molecule has 1 aromatic carbocycles. The summed E-state index contributed by atoms with van der Waals surface area (Å²) >= 11 is 0. The molecule has 5 heteroatoms. The van der Waals surface area contributed by atoms with E-state index in [-0.39, 0.29) is 0 Å². The summed E-state index contributed by atoms with van der Waals surface area (Å²) in [5.41, 5.74) is 0.104. The van der Waals surface area contributed by atoms with Crippen molar-refractivity contribution < 1.29 is 13.2 Å². The zero-order valence-electron chi connectivity index (χ0n) is 10.7. The highest BCUT2D eigenvalue weighted by molar-refractivity contribution is 5.45. The van der Waals surface area contributed by atoms with Crippen molar-refractivity contribution in [3.8, 4) is 0 Å². The van der Waals surface area contributed by atoms with Crippen molar-refractivity contribution in [1.29, 1.82) is 0 Å². The molecular formula is C13H19F3N2. The highest BCUT2D eigenvalue weighted by Gasteiger charge is 2.29. The maximum Gasteiger partial charge on any atom is 0.416 e. The van der Waals surface area contributed by atoms with Crippen molar-refractivity contribution in [2.24, 2.45) is 0 Å². The van der Waals surface area contributed by atoms with E-state index in [2.05, 4.69) is 24.1 Å². The van der Waals surface area contributed by atoms with Crippen LogP contribution in [0.15, 0.2) is 24.3 Å². The summed E-state index contributed by atoms with van der Waals surface area (Å²) in [6.45, 7) is 7.74. The van der Waals surface area contributed by atoms with Crippen LogP contribution >= 0.6 is 0 Å². The van der Waals surface area contributed by atoms with E-state index < -0.39 is 11.7 Å². The van der Waals surface area contributed by atoms with Gasteiger partial charge in [0.1, 0.15) is 0 Å². The first-order chi connectivity index (χ1) is 8.47. The van der Waals surface area contributed by atoms with Gasteiger partial charge in [-0.15, -0.1) is 0 Å². The number of hydrogen-bond donors (Lipinski definition) is 1. The normalized spacial score (nSPS) is 11.9. The fourth-order valence-electron chi connectivity index (χ4n) is 1.68. The van der Waals surface area contributed by atoms with Gasteiger partial charge in [-0.3, -0.25) is 0 Å². The predicted molar refractivity (Wildman–Crippen MR) is 67.7 cm³/mol. The van der Waals surface area contributed by atoms with Gasteiger partial charge >= 0.3 is 6.18 Å². The molecule has 18 heavy (non-hydrogen) atoms. The van der Waals surface area contributed by atoms with Gasteiger partial charge in [0.05, 0.1) is 5.56 Å². The molecule has 0 bridgehead atoms. The lowest BCUT2D eigenvalue weighted by molar-refractivity contribution is -0.137. The van der Waals surface area contributed by atoms with Gasteiger partial charge in [0.2, 0.25) is 0 Å². The molecular weight excluding hydrogens is 241 g/mol. The topological polar surface area (TPSA) is 15.3 Å². The SMILES string of the molecule is CCN(CC)CCNc1ccc(C(F)(F)F)cc1. The number of benzene rings is 1. The van der Waals surface area contributed by atoms with Crippen LogP contribution < -0.4 is 5.32 Å². The monoisotopic (exact) mass is 260 g/mol. The summed E-state index contributed by atoms with van der Waals surface area (Å²) in [6.07, 6.45) is -4.26. The summed E-state index contributed by atoms with van der Waals surface area (Å²) in [7, 11) is 0. The predicted octanol–water partition coefficient (Wildman–Crippen LogP) is 3.46. The molecule has 0 unspecified atom stereocenters. The Bertz CT molecular complexity index is 342. The largest absolute Gasteiger partial charge is 0.416 e. The van der Waals surface area contributed by atoms with E-state index in [9.17, 15) is 13.2 Å². The highest BCUT2D eigenvalue weighted by Crippen LogP contribution is 2.29. The molecule has 0 aliphatic rings. The van der Waals surface area contributed by atoms with Crippen LogP contribution in [0.5, 0.6) is 0 Å². The van der Waals surface area contributed by atoms with E-state index in [1.54, 1.807) is 0 Å². The van der Waals surface area contributed by atoms with Crippen LogP contribution in [-0.2, 0) is 6.18 Å². The van der Waals surface area contributed by atoms with Crippen molar-refractivity contribution in [3.05, 3.63) is 29.8 Å². The molecule has 0 saturated carbocycles. The van der Waals surface area contributed by atoms with Crippen molar-refractivity contribution in [1.82, 2.24) is 4.90 Å². The quantitative estimate of drug-likeness (QED) is 0.842. The second-order valence-corrected chi connectivity index (χ2v) is 4.03. The van der Waals surface area contributed by atoms with Crippen LogP contribution in [0.2, 0.25) is 0 Å². The first-order valence-electron chi connectivity index (χ1n) is 6.10. The number of likely N-dealkylation sites (N-methyl/N-ethyl adjacent to an activating group) is 1. The average Bonchev–Trinajstić information content (AvgIpc) is 2.34. The molecule has 102 valence electrons. The van der Waals surface area contributed by atoms with Crippen molar-refractivity contribution in [2.45, 2.75) is 20.0 Å². The van der Waals surface area contributed by atoms with Gasteiger partial charge in [-0.1, -0.05) is 13.8 Å². The Morgan fingerprint density at radius 1 is 1.06 bits per heavy atom. The molecule has 0 radical (unpaired) electrons. The fourth-order valence-corrected chi connectivity index (χ4v) is 1.68. The Hall–Kier alpha value is -1.23. The van der Waals surface area contributed by atoms with Crippen molar-refractivity contribution in [2.75, 3.05) is 31.5 Å². The molecule has 0 aliphatic heterocycles. The minimum atomic E-state index is -4.26. The number of nitrogens with one attached hydrogen (secondary N) is 1. The molecule has 0 amide bonds. The zero-order chi connectivity index (χ0) is 13.6. The standard InChI is InChI=1S/C13H19F3N2/c1-3-18(4-2)10-9-17-12-7-5-11(6-8-12)13(14,15)16/h5-8,17H,3-4,9-10H2,1-2H3. The first kappa shape index (κ1) is 14.8. The van der Waals surface area contributed by atoms with E-state index in [0.717, 1.165) is 44.0 Å². The zero-order valence-corrected chi connectivity index (χ0v) is 10.7. The van der Waals surface area contributed by atoms with Gasteiger partial charge in [0.15, 0.2) is 0 Å². The van der Waals surface area contributed by atoms with Crippen LogP contribution in [0, 0.1) is 0 Å². The second-order valence-electron chi connectivity index (χ2n) is 4.03. The highest BCUT2D eigenvalue weighted by atomic mass is 19.4. The van der Waals surface area contributed by atoms with Gasteiger partial charge < -0.3 is 10.2 Å². The number of hydrogen-bond acceptors (Lipinski definition) is 2. The number of anilines is 1. The molecule has 0 spiro atoms. The molecule has 1 aromatic rings. The van der Waals surface area contributed by atoms with Crippen LogP contribution in [0.1, 0.15) is 19.4 Å². The van der Waals surface area contributed by atoms with Crippen molar-refractivity contribution >= 4 is 5.69 Å². The fraction of sp³-hybridized carbons (Fsp3) is 0.538. The Morgan fingerprint density at radius 3 is 2.06 bits per heavy atom. The molecule has 0 atom stereocenters. The number of nitrogens with zero attached hydrogens (tertiary/aromatic N) is 1. The third-order valence-corrected chi connectivity index (χ3v) is 2.86. The van der Waals surface area contributed by atoms with Crippen LogP contribution in [0.4, 0.5) is 18.9 Å². The Kier molecular flexibility index (Phi) is 5.47. The van der Waals surface area contributed by atoms with Crippen molar-refractivity contribution in [3.63, 3.8) is 0 Å². The lowest BCUT2D eigenvalue weighted by Gasteiger charge is -2.18. The van der Waals surface area contributed by atoms with Gasteiger partial charge in [-0.25, -0.2) is 0 Å². The Labute approximate surface area is 106 Å². The van der Waals surface area contributed by atoms with Gasteiger partial charge in [-0.05, 0) is 37.4 Å². The lowest BCUT2D eigenvalue weighted by Crippen LogP contribution is -2.28. The maximum absolute atomic E-state index is 12.3. The smallest absolute Gasteiger partial charge is 0.384 e. The van der Waals surface area contributed by atoms with Crippen LogP contribution in [-0.4, -0.2) is 31.1 Å². The minimum Gasteiger partial charge on any atom is -0.384 e. The molecule has 1 N–H and O–H groups in total. The number of halogens is 3. The summed E-state index contributed by atoms with van der Waals surface area (Å²) in [4.78, 5) is 2.25. The van der Waals surface area contributed by atoms with E-state index >= 15 is 0 Å². The molecule has 1 rings (SSSR count). The van der Waals surface area contributed by atoms with Crippen LogP contribution in [0.25, 0.3) is 0 Å². The first-order valence-corrected chi connectivity index (χ1v) is 6.10. The Balaban J connectivity index is 2.45. The van der Waals surface area contributed by atoms with E-state index in [4.69, 9.17) is 0 Å². The third-order valence-electron chi connectivity index (χ3n) is 2.86. The van der Waals surface area contributed by atoms with Gasteiger partial charge in [0, 0.05) is 18.8 Å². The second kappa shape index (κ2) is 6.64.